The van der Waals surface area contributed by atoms with Gasteiger partial charge in [-0.15, -0.1) is 0 Å². The molecular weight excluding hydrogens is 494 g/mol. The molecule has 2 saturated heterocycles. The summed E-state index contributed by atoms with van der Waals surface area (Å²) >= 11 is 0. The lowest BCUT2D eigenvalue weighted by Gasteiger charge is -2.34. The van der Waals surface area contributed by atoms with Gasteiger partial charge in [-0.25, -0.2) is 4.79 Å². The van der Waals surface area contributed by atoms with Crippen LogP contribution in [0.4, 0.5) is 11.4 Å². The topological polar surface area (TPSA) is 106 Å². The summed E-state index contributed by atoms with van der Waals surface area (Å²) in [5.41, 5.74) is 3.81. The van der Waals surface area contributed by atoms with Crippen LogP contribution in [0.25, 0.3) is 11.1 Å². The molecule has 2 N–H and O–H groups in total. The summed E-state index contributed by atoms with van der Waals surface area (Å²) in [7, 11) is 2.11. The van der Waals surface area contributed by atoms with Gasteiger partial charge in [-0.3, -0.25) is 14.6 Å². The number of pyridine rings is 1. The lowest BCUT2D eigenvalue weighted by atomic mass is 9.96. The zero-order chi connectivity index (χ0) is 27.4. The number of likely N-dealkylation sites (tertiary alicyclic amines) is 1. The van der Waals surface area contributed by atoms with Crippen molar-refractivity contribution in [2.45, 2.75) is 12.8 Å². The number of carbonyl (C=O) groups excluding carboxylic acids is 2. The molecule has 0 spiro atoms. The monoisotopic (exact) mass is 527 g/mol. The number of carbonyl (C=O) groups is 3. The Labute approximate surface area is 228 Å². The van der Waals surface area contributed by atoms with Gasteiger partial charge in [0.25, 0.3) is 5.91 Å². The summed E-state index contributed by atoms with van der Waals surface area (Å²) in [6.45, 7) is 4.71. The third-order valence-electron chi connectivity index (χ3n) is 7.48. The molecule has 1 aromatic heterocycles. The molecule has 0 unspecified atom stereocenters. The fourth-order valence-corrected chi connectivity index (χ4v) is 5.19. The quantitative estimate of drug-likeness (QED) is 0.504. The van der Waals surface area contributed by atoms with Crippen molar-refractivity contribution in [2.24, 2.45) is 5.92 Å². The standard InChI is InChI=1S/C30H33N5O4/c1-33-13-15-34(16-14-33)26-10-11-31-27(19-26)29(37)35-12-4-8-24(20-35)28(36)32-25-9-3-6-22(18-25)21-5-2-7-23(17-21)30(38)39/h2-3,5-7,9-11,17-19,24H,4,8,12-16,20H2,1H3,(H,32,36)(H,38,39)/t24-/m0/s1. The number of hydrogen-bond donors (Lipinski definition) is 2. The van der Waals surface area contributed by atoms with Crippen LogP contribution in [-0.4, -0.2) is 84.0 Å². The van der Waals surface area contributed by atoms with E-state index in [1.807, 2.05) is 42.5 Å². The second-order valence-corrected chi connectivity index (χ2v) is 10.2. The highest BCUT2D eigenvalue weighted by molar-refractivity contribution is 5.96. The minimum Gasteiger partial charge on any atom is -0.478 e. The van der Waals surface area contributed by atoms with Crippen LogP contribution in [0.3, 0.4) is 0 Å². The number of nitrogens with zero attached hydrogens (tertiary/aromatic N) is 4. The van der Waals surface area contributed by atoms with E-state index in [4.69, 9.17) is 0 Å². The maximum atomic E-state index is 13.4. The molecular formula is C30H33N5O4. The first kappa shape index (κ1) is 26.4. The molecule has 0 saturated carbocycles. The minimum atomic E-state index is -0.987. The Balaban J connectivity index is 1.24. The van der Waals surface area contributed by atoms with Gasteiger partial charge in [-0.1, -0.05) is 24.3 Å². The van der Waals surface area contributed by atoms with E-state index < -0.39 is 5.97 Å². The molecule has 3 heterocycles. The van der Waals surface area contributed by atoms with Crippen molar-refractivity contribution in [3.8, 4) is 11.1 Å². The molecule has 2 aliphatic rings. The Morgan fingerprint density at radius 3 is 2.44 bits per heavy atom. The zero-order valence-corrected chi connectivity index (χ0v) is 22.0. The van der Waals surface area contributed by atoms with Crippen LogP contribution in [0.15, 0.2) is 66.9 Å². The van der Waals surface area contributed by atoms with Gasteiger partial charge in [-0.2, -0.15) is 0 Å². The SMILES string of the molecule is CN1CCN(c2ccnc(C(=O)N3CCC[C@H](C(=O)Nc4cccc(-c5cccc(C(=O)O)c5)c4)C3)c2)CC1. The average Bonchev–Trinajstić information content (AvgIpc) is 2.97. The van der Waals surface area contributed by atoms with Crippen LogP contribution in [-0.2, 0) is 4.79 Å². The van der Waals surface area contributed by atoms with Crippen molar-refractivity contribution in [1.29, 1.82) is 0 Å². The Morgan fingerprint density at radius 2 is 1.67 bits per heavy atom. The van der Waals surface area contributed by atoms with Crippen molar-refractivity contribution >= 4 is 29.2 Å². The molecule has 2 fully saturated rings. The molecule has 39 heavy (non-hydrogen) atoms. The maximum absolute atomic E-state index is 13.4. The predicted molar refractivity (Wildman–Crippen MR) is 150 cm³/mol. The van der Waals surface area contributed by atoms with Gasteiger partial charge in [0, 0.05) is 56.8 Å². The van der Waals surface area contributed by atoms with Crippen molar-refractivity contribution in [3.63, 3.8) is 0 Å². The second kappa shape index (κ2) is 11.7. The molecule has 9 heteroatoms. The number of rotatable bonds is 6. The number of aromatic carboxylic acids is 1. The third kappa shape index (κ3) is 6.26. The maximum Gasteiger partial charge on any atom is 0.335 e. The fraction of sp³-hybridized carbons (Fsp3) is 0.333. The summed E-state index contributed by atoms with van der Waals surface area (Å²) in [6, 6.07) is 17.8. The summed E-state index contributed by atoms with van der Waals surface area (Å²) in [6.07, 6.45) is 3.13. The Kier molecular flexibility index (Phi) is 7.88. The first-order chi connectivity index (χ1) is 18.9. The lowest BCUT2D eigenvalue weighted by Crippen LogP contribution is -2.45. The van der Waals surface area contributed by atoms with E-state index >= 15 is 0 Å². The fourth-order valence-electron chi connectivity index (χ4n) is 5.19. The van der Waals surface area contributed by atoms with Gasteiger partial charge >= 0.3 is 5.97 Å². The Morgan fingerprint density at radius 1 is 0.923 bits per heavy atom. The van der Waals surface area contributed by atoms with Crippen molar-refractivity contribution in [1.82, 2.24) is 14.8 Å². The van der Waals surface area contributed by atoms with E-state index in [0.717, 1.165) is 49.4 Å². The van der Waals surface area contributed by atoms with E-state index in [1.54, 1.807) is 29.3 Å². The van der Waals surface area contributed by atoms with Crippen molar-refractivity contribution in [3.05, 3.63) is 78.1 Å². The number of anilines is 2. The number of amides is 2. The largest absolute Gasteiger partial charge is 0.478 e. The van der Waals surface area contributed by atoms with Crippen molar-refractivity contribution < 1.29 is 19.5 Å². The summed E-state index contributed by atoms with van der Waals surface area (Å²) < 4.78 is 0. The molecule has 0 radical (unpaired) electrons. The van der Waals surface area contributed by atoms with E-state index in [-0.39, 0.29) is 23.3 Å². The van der Waals surface area contributed by atoms with Gasteiger partial charge in [0.2, 0.25) is 5.91 Å². The number of carboxylic acids is 1. The summed E-state index contributed by atoms with van der Waals surface area (Å²) in [5, 5.41) is 12.3. The van der Waals surface area contributed by atoms with Crippen LogP contribution in [0, 0.1) is 5.92 Å². The number of hydrogen-bond acceptors (Lipinski definition) is 6. The highest BCUT2D eigenvalue weighted by atomic mass is 16.4. The van der Waals surface area contributed by atoms with E-state index in [1.165, 1.54) is 0 Å². The third-order valence-corrected chi connectivity index (χ3v) is 7.48. The zero-order valence-electron chi connectivity index (χ0n) is 22.0. The molecule has 3 aromatic rings. The van der Waals surface area contributed by atoms with Crippen LogP contribution in [0.1, 0.15) is 33.7 Å². The van der Waals surface area contributed by atoms with E-state index in [9.17, 15) is 19.5 Å². The molecule has 1 atom stereocenters. The van der Waals surface area contributed by atoms with Crippen LogP contribution in [0.2, 0.25) is 0 Å². The Bertz CT molecular complexity index is 1370. The molecule has 2 amide bonds. The van der Waals surface area contributed by atoms with E-state index in [2.05, 4.69) is 27.1 Å². The van der Waals surface area contributed by atoms with E-state index in [0.29, 0.717) is 30.9 Å². The number of piperidine rings is 1. The summed E-state index contributed by atoms with van der Waals surface area (Å²) in [5.74, 6) is -1.60. The minimum absolute atomic E-state index is 0.136. The van der Waals surface area contributed by atoms with Gasteiger partial charge in [0.15, 0.2) is 0 Å². The van der Waals surface area contributed by atoms with Gasteiger partial charge in [0.05, 0.1) is 11.5 Å². The predicted octanol–water partition coefficient (Wildman–Crippen LogP) is 3.69. The molecule has 2 aromatic carbocycles. The van der Waals surface area contributed by atoms with Gasteiger partial charge in [0.1, 0.15) is 5.69 Å². The Hall–Kier alpha value is -4.24. The first-order valence-electron chi connectivity index (χ1n) is 13.3. The second-order valence-electron chi connectivity index (χ2n) is 10.2. The van der Waals surface area contributed by atoms with Gasteiger partial charge < -0.3 is 25.1 Å². The number of likely N-dealkylation sites (N-methyl/N-ethyl adjacent to an activating group) is 1. The van der Waals surface area contributed by atoms with Crippen molar-refractivity contribution in [2.75, 3.05) is 56.5 Å². The summed E-state index contributed by atoms with van der Waals surface area (Å²) in [4.78, 5) is 48.5. The molecule has 202 valence electrons. The number of benzene rings is 2. The smallest absolute Gasteiger partial charge is 0.335 e. The van der Waals surface area contributed by atoms with Crippen LogP contribution < -0.4 is 10.2 Å². The highest BCUT2D eigenvalue weighted by Gasteiger charge is 2.30. The number of aromatic nitrogens is 1. The van der Waals surface area contributed by atoms with Crippen LogP contribution >= 0.6 is 0 Å². The molecule has 0 aliphatic carbocycles. The molecule has 9 nitrogen and oxygen atoms in total. The molecule has 0 bridgehead atoms. The molecule has 2 aliphatic heterocycles. The molecule has 5 rings (SSSR count). The van der Waals surface area contributed by atoms with Gasteiger partial charge in [-0.05, 0) is 67.4 Å². The highest BCUT2D eigenvalue weighted by Crippen LogP contribution is 2.26. The normalized spacial score (nSPS) is 18.0. The first-order valence-corrected chi connectivity index (χ1v) is 13.3. The number of piperazine rings is 1. The number of carboxylic acid groups (broad SMARTS) is 1. The lowest BCUT2D eigenvalue weighted by molar-refractivity contribution is -0.121. The average molecular weight is 528 g/mol. The number of nitrogens with one attached hydrogen (secondary N) is 1. The van der Waals surface area contributed by atoms with Crippen LogP contribution in [0.5, 0.6) is 0 Å².